The highest BCUT2D eigenvalue weighted by Gasteiger charge is 2.23. The van der Waals surface area contributed by atoms with Crippen LogP contribution in [0.4, 0.5) is 0 Å². The molecule has 0 spiro atoms. The zero-order valence-corrected chi connectivity index (χ0v) is 18.6. The van der Waals surface area contributed by atoms with Crippen LogP contribution in [0.1, 0.15) is 43.3 Å². The van der Waals surface area contributed by atoms with Crippen molar-refractivity contribution in [1.29, 1.82) is 0 Å². The third-order valence-electron chi connectivity index (χ3n) is 4.13. The predicted molar refractivity (Wildman–Crippen MR) is 117 cm³/mol. The van der Waals surface area contributed by atoms with Gasteiger partial charge in [-0.05, 0) is 43.0 Å². The fourth-order valence-corrected chi connectivity index (χ4v) is 3.86. The van der Waals surface area contributed by atoms with Gasteiger partial charge in [0.15, 0.2) is 5.96 Å². The molecule has 1 amide bonds. The molecular weight excluding hydrogens is 447 g/mol. The number of piperidine rings is 1. The van der Waals surface area contributed by atoms with Crippen LogP contribution in [0.3, 0.4) is 0 Å². The maximum atomic E-state index is 11.9. The molecule has 0 aliphatic carbocycles. The zero-order valence-electron chi connectivity index (χ0n) is 15.5. The number of nitrogens with zero attached hydrogens (tertiary/aromatic N) is 2. The summed E-state index contributed by atoms with van der Waals surface area (Å²) in [4.78, 5) is 19.8. The zero-order chi connectivity index (χ0) is 17.4. The van der Waals surface area contributed by atoms with Gasteiger partial charge in [-0.25, -0.2) is 0 Å². The fourth-order valence-electron chi connectivity index (χ4n) is 3.22. The first-order chi connectivity index (χ1) is 11.6. The van der Waals surface area contributed by atoms with Crippen molar-refractivity contribution in [3.05, 3.63) is 22.4 Å². The van der Waals surface area contributed by atoms with Crippen molar-refractivity contribution in [1.82, 2.24) is 15.5 Å². The Bertz CT molecular complexity index is 525. The number of aliphatic imine (C=N–C) groups is 1. The molecule has 5 nitrogen and oxygen atoms in total. The highest BCUT2D eigenvalue weighted by molar-refractivity contribution is 14.0. The minimum atomic E-state index is 0. The Kier molecular flexibility index (Phi) is 10.4. The average molecular weight is 478 g/mol. The topological polar surface area (TPSA) is 56.7 Å². The first-order valence-corrected chi connectivity index (χ1v) is 9.83. The van der Waals surface area contributed by atoms with Crippen LogP contribution in [0.5, 0.6) is 0 Å². The maximum absolute atomic E-state index is 11.9. The van der Waals surface area contributed by atoms with Gasteiger partial charge in [0.2, 0.25) is 0 Å². The lowest BCUT2D eigenvalue weighted by Crippen LogP contribution is -2.48. The highest BCUT2D eigenvalue weighted by atomic mass is 127. The van der Waals surface area contributed by atoms with E-state index in [0.717, 1.165) is 43.4 Å². The van der Waals surface area contributed by atoms with Crippen molar-refractivity contribution in [2.45, 2.75) is 33.6 Å². The van der Waals surface area contributed by atoms with E-state index >= 15 is 0 Å². The third-order valence-corrected chi connectivity index (χ3v) is 5.00. The lowest BCUT2D eigenvalue weighted by Gasteiger charge is -2.37. The normalized spacial score (nSPS) is 20.8. The van der Waals surface area contributed by atoms with Crippen LogP contribution in [0.25, 0.3) is 0 Å². The molecule has 1 aliphatic rings. The smallest absolute Gasteiger partial charge is 0.261 e. The quantitative estimate of drug-likeness (QED) is 0.285. The van der Waals surface area contributed by atoms with Crippen LogP contribution < -0.4 is 10.6 Å². The number of rotatable bonds is 6. The van der Waals surface area contributed by atoms with Crippen molar-refractivity contribution >= 4 is 47.2 Å². The van der Waals surface area contributed by atoms with E-state index in [0.29, 0.717) is 18.4 Å². The molecule has 2 N–H and O–H groups in total. The predicted octanol–water partition coefficient (Wildman–Crippen LogP) is 3.43. The second kappa shape index (κ2) is 11.7. The number of carbonyl (C=O) groups is 1. The molecule has 142 valence electrons. The Labute approximate surface area is 172 Å². The monoisotopic (exact) mass is 478 g/mol. The molecule has 2 rings (SSSR count). The van der Waals surface area contributed by atoms with Gasteiger partial charge >= 0.3 is 0 Å². The van der Waals surface area contributed by atoms with Crippen molar-refractivity contribution in [2.24, 2.45) is 16.8 Å². The minimum Gasteiger partial charge on any atom is -0.357 e. The van der Waals surface area contributed by atoms with Gasteiger partial charge in [-0.15, -0.1) is 35.3 Å². The number of hydrogen-bond acceptors (Lipinski definition) is 3. The lowest BCUT2D eigenvalue weighted by atomic mass is 9.92. The van der Waals surface area contributed by atoms with E-state index in [4.69, 9.17) is 4.99 Å². The van der Waals surface area contributed by atoms with Crippen molar-refractivity contribution in [3.8, 4) is 0 Å². The molecule has 1 aromatic heterocycles. The van der Waals surface area contributed by atoms with Gasteiger partial charge in [-0.2, -0.15) is 0 Å². The van der Waals surface area contributed by atoms with E-state index in [2.05, 4.69) is 36.3 Å². The summed E-state index contributed by atoms with van der Waals surface area (Å²) in [6.07, 6.45) is 2.15. The molecule has 1 aliphatic heterocycles. The third kappa shape index (κ3) is 7.52. The van der Waals surface area contributed by atoms with E-state index in [1.54, 1.807) is 0 Å². The van der Waals surface area contributed by atoms with Gasteiger partial charge in [0.1, 0.15) is 0 Å². The Morgan fingerprint density at radius 1 is 1.32 bits per heavy atom. The molecule has 0 bridgehead atoms. The van der Waals surface area contributed by atoms with Gasteiger partial charge in [-0.3, -0.25) is 9.79 Å². The lowest BCUT2D eigenvalue weighted by molar-refractivity contribution is 0.0957. The number of carbonyl (C=O) groups excluding carboxylic acids is 1. The Morgan fingerprint density at radius 2 is 2.04 bits per heavy atom. The second-order valence-electron chi connectivity index (χ2n) is 6.67. The SMILES string of the molecule is CCNC(=NCCCNC(=O)c1cccs1)N1CC(C)CC(C)C1.I. The van der Waals surface area contributed by atoms with Crippen LogP contribution in [-0.2, 0) is 0 Å². The highest BCUT2D eigenvalue weighted by Crippen LogP contribution is 2.20. The Morgan fingerprint density at radius 3 is 2.64 bits per heavy atom. The van der Waals surface area contributed by atoms with E-state index in [9.17, 15) is 4.79 Å². The summed E-state index contributed by atoms with van der Waals surface area (Å²) >= 11 is 1.47. The number of guanidine groups is 1. The van der Waals surface area contributed by atoms with E-state index in [1.807, 2.05) is 17.5 Å². The van der Waals surface area contributed by atoms with E-state index in [-0.39, 0.29) is 29.9 Å². The standard InChI is InChI=1S/C18H30N4OS.HI/c1-4-19-18(22-12-14(2)11-15(3)13-22)21-9-6-8-20-17(23)16-7-5-10-24-16;/h5,7,10,14-15H,4,6,8-9,11-13H2,1-3H3,(H,19,21)(H,20,23);1H. The van der Waals surface area contributed by atoms with Gasteiger partial charge < -0.3 is 15.5 Å². The molecule has 1 saturated heterocycles. The van der Waals surface area contributed by atoms with Crippen molar-refractivity contribution < 1.29 is 4.79 Å². The van der Waals surface area contributed by atoms with Crippen molar-refractivity contribution in [3.63, 3.8) is 0 Å². The van der Waals surface area contributed by atoms with Gasteiger partial charge in [-0.1, -0.05) is 19.9 Å². The molecule has 0 radical (unpaired) electrons. The van der Waals surface area contributed by atoms with E-state index in [1.165, 1.54) is 17.8 Å². The van der Waals surface area contributed by atoms with Crippen LogP contribution in [0, 0.1) is 11.8 Å². The first-order valence-electron chi connectivity index (χ1n) is 8.95. The van der Waals surface area contributed by atoms with E-state index < -0.39 is 0 Å². The van der Waals surface area contributed by atoms with Crippen LogP contribution >= 0.6 is 35.3 Å². The average Bonchev–Trinajstić information content (AvgIpc) is 3.07. The maximum Gasteiger partial charge on any atom is 0.261 e. The number of thiophene rings is 1. The summed E-state index contributed by atoms with van der Waals surface area (Å²) in [5.41, 5.74) is 0. The molecule has 1 aromatic rings. The van der Waals surface area contributed by atoms with Crippen molar-refractivity contribution in [2.75, 3.05) is 32.7 Å². The summed E-state index contributed by atoms with van der Waals surface area (Å²) in [7, 11) is 0. The van der Waals surface area contributed by atoms with Crippen LogP contribution in [0.15, 0.2) is 22.5 Å². The Hall–Kier alpha value is -0.830. The number of hydrogen-bond donors (Lipinski definition) is 2. The number of halogens is 1. The molecule has 2 unspecified atom stereocenters. The number of amides is 1. The molecule has 2 heterocycles. The van der Waals surface area contributed by atoms with Gasteiger partial charge in [0.05, 0.1) is 4.88 Å². The molecule has 0 aromatic carbocycles. The van der Waals surface area contributed by atoms with Gasteiger partial charge in [0.25, 0.3) is 5.91 Å². The molecule has 7 heteroatoms. The van der Waals surface area contributed by atoms with Crippen LogP contribution in [0.2, 0.25) is 0 Å². The largest absolute Gasteiger partial charge is 0.357 e. The summed E-state index contributed by atoms with van der Waals surface area (Å²) in [5.74, 6) is 2.45. The van der Waals surface area contributed by atoms with Crippen LogP contribution in [-0.4, -0.2) is 49.5 Å². The molecule has 0 saturated carbocycles. The summed E-state index contributed by atoms with van der Waals surface area (Å²) < 4.78 is 0. The number of nitrogens with one attached hydrogen (secondary N) is 2. The molecule has 1 fully saturated rings. The summed E-state index contributed by atoms with van der Waals surface area (Å²) in [5, 5.41) is 8.28. The Balaban J connectivity index is 0.00000312. The number of likely N-dealkylation sites (tertiary alicyclic amines) is 1. The molecule has 25 heavy (non-hydrogen) atoms. The summed E-state index contributed by atoms with van der Waals surface area (Å²) in [6, 6.07) is 3.74. The molecule has 2 atom stereocenters. The molecular formula is C18H31IN4OS. The second-order valence-corrected chi connectivity index (χ2v) is 7.62. The summed E-state index contributed by atoms with van der Waals surface area (Å²) in [6.45, 7) is 11.1. The fraction of sp³-hybridized carbons (Fsp3) is 0.667. The van der Waals surface area contributed by atoms with Gasteiger partial charge in [0, 0.05) is 32.7 Å². The first kappa shape index (κ1) is 22.2. The minimum absolute atomic E-state index is 0.